The normalized spacial score (nSPS) is 31.7. The number of hydrogen-bond donors (Lipinski definition) is 2. The Labute approximate surface area is 168 Å². The van der Waals surface area contributed by atoms with Gasteiger partial charge in [-0.05, 0) is 76.0 Å². The smallest absolute Gasteiger partial charge is 0.307 e. The first-order valence-corrected chi connectivity index (χ1v) is 11.0. The Morgan fingerprint density at radius 1 is 0.964 bits per heavy atom. The number of esters is 1. The Morgan fingerprint density at radius 3 is 1.96 bits per heavy atom. The van der Waals surface area contributed by atoms with Crippen LogP contribution in [0.2, 0.25) is 0 Å². The van der Waals surface area contributed by atoms with E-state index >= 15 is 0 Å². The van der Waals surface area contributed by atoms with E-state index in [1.165, 1.54) is 19.3 Å². The fourth-order valence-electron chi connectivity index (χ4n) is 5.94. The molecule has 4 aliphatic rings. The molecule has 0 heterocycles. The Kier molecular flexibility index (Phi) is 6.35. The topological polar surface area (TPSA) is 84.5 Å². The van der Waals surface area contributed by atoms with E-state index in [4.69, 9.17) is 4.74 Å². The minimum Gasteiger partial charge on any atom is -0.463 e. The molecule has 0 aromatic rings. The summed E-state index contributed by atoms with van der Waals surface area (Å²) in [5.74, 6) is 1.58. The van der Waals surface area contributed by atoms with Crippen LogP contribution >= 0.6 is 0 Å². The average Bonchev–Trinajstić information content (AvgIpc) is 2.57. The molecule has 0 aromatic carbocycles. The Balaban J connectivity index is 1.55. The number of amides is 2. The third-order valence-electron chi connectivity index (χ3n) is 6.75. The highest BCUT2D eigenvalue weighted by molar-refractivity contribution is 5.90. The first-order chi connectivity index (χ1) is 13.2. The molecule has 0 aromatic heterocycles. The van der Waals surface area contributed by atoms with Gasteiger partial charge in [-0.25, -0.2) is 0 Å². The van der Waals surface area contributed by atoms with Crippen molar-refractivity contribution < 1.29 is 19.1 Å². The molecule has 4 fully saturated rings. The quantitative estimate of drug-likeness (QED) is 0.622. The highest BCUT2D eigenvalue weighted by atomic mass is 16.5. The van der Waals surface area contributed by atoms with Crippen LogP contribution in [0, 0.1) is 29.1 Å². The minimum atomic E-state index is -0.568. The van der Waals surface area contributed by atoms with Gasteiger partial charge in [0, 0.05) is 12.0 Å². The first kappa shape index (κ1) is 21.1. The lowest BCUT2D eigenvalue weighted by Crippen LogP contribution is -2.58. The summed E-state index contributed by atoms with van der Waals surface area (Å²) in [6, 6.07) is -0.568. The number of hydrogen-bond acceptors (Lipinski definition) is 4. The molecule has 0 radical (unpaired) electrons. The summed E-state index contributed by atoms with van der Waals surface area (Å²) >= 11 is 0. The Hall–Kier alpha value is -1.59. The molecule has 2 amide bonds. The van der Waals surface area contributed by atoms with Gasteiger partial charge in [0.2, 0.25) is 11.8 Å². The molecule has 28 heavy (non-hydrogen) atoms. The molecular weight excluding hydrogens is 356 g/mol. The van der Waals surface area contributed by atoms with E-state index in [0.29, 0.717) is 17.8 Å². The van der Waals surface area contributed by atoms with Crippen LogP contribution in [0.5, 0.6) is 0 Å². The van der Waals surface area contributed by atoms with Crippen molar-refractivity contribution >= 4 is 17.8 Å². The summed E-state index contributed by atoms with van der Waals surface area (Å²) < 4.78 is 5.08. The molecule has 4 saturated carbocycles. The lowest BCUT2D eigenvalue weighted by Gasteiger charge is -2.55. The zero-order valence-corrected chi connectivity index (χ0v) is 17.8. The van der Waals surface area contributed by atoms with Crippen LogP contribution in [-0.2, 0) is 19.1 Å². The van der Waals surface area contributed by atoms with Crippen LogP contribution in [0.1, 0.15) is 72.6 Å². The van der Waals surface area contributed by atoms with Crippen LogP contribution in [0.3, 0.4) is 0 Å². The molecule has 4 rings (SSSR count). The number of carbonyl (C=O) groups excluding carboxylic acids is 3. The maximum absolute atomic E-state index is 13.3. The molecule has 0 aliphatic heterocycles. The van der Waals surface area contributed by atoms with Crippen LogP contribution in [-0.4, -0.2) is 36.5 Å². The minimum absolute atomic E-state index is 0.0134. The SMILES string of the molecule is CC(C)OC(=O)CCNC(=O)C(NC(=O)C12CC3CC(CC(C3)C1)C2)C(C)C. The van der Waals surface area contributed by atoms with Crippen LogP contribution in [0.4, 0.5) is 0 Å². The van der Waals surface area contributed by atoms with E-state index in [2.05, 4.69) is 10.6 Å². The van der Waals surface area contributed by atoms with Gasteiger partial charge in [-0.2, -0.15) is 0 Å². The lowest BCUT2D eigenvalue weighted by molar-refractivity contribution is -0.149. The summed E-state index contributed by atoms with van der Waals surface area (Å²) in [6.45, 7) is 7.70. The molecule has 4 aliphatic carbocycles. The van der Waals surface area contributed by atoms with Crippen molar-refractivity contribution in [3.8, 4) is 0 Å². The molecule has 6 heteroatoms. The summed E-state index contributed by atoms with van der Waals surface area (Å²) in [4.78, 5) is 37.6. The van der Waals surface area contributed by atoms with E-state index < -0.39 is 6.04 Å². The third-order valence-corrected chi connectivity index (χ3v) is 6.75. The highest BCUT2D eigenvalue weighted by Gasteiger charge is 2.55. The van der Waals surface area contributed by atoms with Gasteiger partial charge >= 0.3 is 5.97 Å². The number of nitrogens with one attached hydrogen (secondary N) is 2. The van der Waals surface area contributed by atoms with Gasteiger partial charge in [-0.3, -0.25) is 14.4 Å². The standard InChI is InChI=1S/C22H36N2O4/c1-13(2)19(20(26)23-6-5-18(25)28-14(3)4)24-21(27)22-10-15-7-16(11-22)9-17(8-15)12-22/h13-17,19H,5-12H2,1-4H3,(H,23,26)(H,24,27). The van der Waals surface area contributed by atoms with Crippen LogP contribution < -0.4 is 10.6 Å². The molecule has 0 saturated heterocycles. The van der Waals surface area contributed by atoms with Crippen LogP contribution in [0.25, 0.3) is 0 Å². The van der Waals surface area contributed by atoms with Crippen molar-refractivity contribution in [2.24, 2.45) is 29.1 Å². The number of rotatable bonds is 8. The van der Waals surface area contributed by atoms with Crippen molar-refractivity contribution in [2.75, 3.05) is 6.54 Å². The van der Waals surface area contributed by atoms with E-state index in [0.717, 1.165) is 19.3 Å². The summed E-state index contributed by atoms with van der Waals surface area (Å²) in [7, 11) is 0. The average molecular weight is 393 g/mol. The van der Waals surface area contributed by atoms with E-state index in [1.807, 2.05) is 13.8 Å². The van der Waals surface area contributed by atoms with Crippen molar-refractivity contribution in [1.29, 1.82) is 0 Å². The summed E-state index contributed by atoms with van der Waals surface area (Å²) in [6.07, 6.45) is 6.78. The zero-order chi connectivity index (χ0) is 20.5. The molecule has 158 valence electrons. The maximum Gasteiger partial charge on any atom is 0.307 e. The maximum atomic E-state index is 13.3. The lowest BCUT2D eigenvalue weighted by atomic mass is 9.49. The summed E-state index contributed by atoms with van der Waals surface area (Å²) in [5, 5.41) is 5.87. The number of carbonyl (C=O) groups is 3. The van der Waals surface area contributed by atoms with Crippen molar-refractivity contribution in [1.82, 2.24) is 10.6 Å². The molecule has 4 bridgehead atoms. The molecule has 2 N–H and O–H groups in total. The first-order valence-electron chi connectivity index (χ1n) is 11.0. The van der Waals surface area contributed by atoms with Gasteiger partial charge < -0.3 is 15.4 Å². The second-order valence-corrected chi connectivity index (χ2v) is 9.97. The van der Waals surface area contributed by atoms with Gasteiger partial charge in [0.05, 0.1) is 12.5 Å². The monoisotopic (exact) mass is 392 g/mol. The van der Waals surface area contributed by atoms with E-state index in [9.17, 15) is 14.4 Å². The molecule has 0 spiro atoms. The highest BCUT2D eigenvalue weighted by Crippen LogP contribution is 2.60. The van der Waals surface area contributed by atoms with Gasteiger partial charge in [-0.1, -0.05) is 13.8 Å². The fourth-order valence-corrected chi connectivity index (χ4v) is 5.94. The zero-order valence-electron chi connectivity index (χ0n) is 17.8. The van der Waals surface area contributed by atoms with Crippen LogP contribution in [0.15, 0.2) is 0 Å². The second-order valence-electron chi connectivity index (χ2n) is 9.97. The Morgan fingerprint density at radius 2 is 1.50 bits per heavy atom. The molecule has 1 atom stereocenters. The number of ether oxygens (including phenoxy) is 1. The predicted octanol–water partition coefficient (Wildman–Crippen LogP) is 2.80. The Bertz CT molecular complexity index is 578. The van der Waals surface area contributed by atoms with Crippen molar-refractivity contribution in [3.05, 3.63) is 0 Å². The third kappa shape index (κ3) is 4.69. The van der Waals surface area contributed by atoms with Crippen molar-refractivity contribution in [2.45, 2.75) is 84.8 Å². The molecule has 6 nitrogen and oxygen atoms in total. The van der Waals surface area contributed by atoms with Gasteiger partial charge in [0.15, 0.2) is 0 Å². The van der Waals surface area contributed by atoms with E-state index in [-0.39, 0.29) is 48.2 Å². The van der Waals surface area contributed by atoms with Gasteiger partial charge in [0.1, 0.15) is 6.04 Å². The second kappa shape index (κ2) is 8.42. The van der Waals surface area contributed by atoms with Crippen molar-refractivity contribution in [3.63, 3.8) is 0 Å². The molecular formula is C22H36N2O4. The molecule has 1 unspecified atom stereocenters. The largest absolute Gasteiger partial charge is 0.463 e. The fraction of sp³-hybridized carbons (Fsp3) is 0.864. The van der Waals surface area contributed by atoms with Gasteiger partial charge in [-0.15, -0.1) is 0 Å². The summed E-state index contributed by atoms with van der Waals surface area (Å²) in [5.41, 5.74) is -0.261. The van der Waals surface area contributed by atoms with E-state index in [1.54, 1.807) is 13.8 Å². The van der Waals surface area contributed by atoms with Gasteiger partial charge in [0.25, 0.3) is 0 Å². The predicted molar refractivity (Wildman–Crippen MR) is 106 cm³/mol.